The third kappa shape index (κ3) is 1.23. The molecule has 0 aliphatic rings. The predicted octanol–water partition coefficient (Wildman–Crippen LogP) is 1.54. The molecule has 4 heteroatoms. The fourth-order valence-electron chi connectivity index (χ4n) is 0.930. The van der Waals surface area contributed by atoms with Gasteiger partial charge in [-0.2, -0.15) is 0 Å². The van der Waals surface area contributed by atoms with E-state index in [1.54, 1.807) is 0 Å². The summed E-state index contributed by atoms with van der Waals surface area (Å²) in [7, 11) is 0. The van der Waals surface area contributed by atoms with Crippen LogP contribution in [0.3, 0.4) is 0 Å². The molecule has 0 heterocycles. The van der Waals surface area contributed by atoms with E-state index in [2.05, 4.69) is 0 Å². The zero-order valence-corrected chi connectivity index (χ0v) is 6.34. The molecule has 0 saturated carbocycles. The van der Waals surface area contributed by atoms with E-state index in [4.69, 9.17) is 10.2 Å². The van der Waals surface area contributed by atoms with Gasteiger partial charge in [0.15, 0.2) is 0 Å². The Bertz CT molecular complexity index is 333. The molecule has 0 atom stereocenters. The van der Waals surface area contributed by atoms with Gasteiger partial charge in [-0.1, -0.05) is 0 Å². The average Bonchev–Trinajstić information content (AvgIpc) is 1.97. The summed E-state index contributed by atoms with van der Waals surface area (Å²) in [5.74, 6) is -2.42. The SMILES string of the molecule is Cc1c(O)ccc(F)c1C(=O)O. The first-order valence-electron chi connectivity index (χ1n) is 3.25. The van der Waals surface area contributed by atoms with Crippen molar-refractivity contribution in [2.24, 2.45) is 0 Å². The number of carbonyl (C=O) groups is 1. The van der Waals surface area contributed by atoms with Crippen molar-refractivity contribution in [1.82, 2.24) is 0 Å². The number of aromatic hydroxyl groups is 1. The van der Waals surface area contributed by atoms with Crippen molar-refractivity contribution in [3.8, 4) is 5.75 Å². The monoisotopic (exact) mass is 170 g/mol. The molecule has 0 spiro atoms. The Morgan fingerprint density at radius 3 is 2.50 bits per heavy atom. The molecule has 0 unspecified atom stereocenters. The molecule has 0 fully saturated rings. The van der Waals surface area contributed by atoms with E-state index < -0.39 is 17.3 Å². The summed E-state index contributed by atoms with van der Waals surface area (Å²) in [5, 5.41) is 17.6. The molecule has 0 bridgehead atoms. The average molecular weight is 170 g/mol. The number of rotatable bonds is 1. The fourth-order valence-corrected chi connectivity index (χ4v) is 0.930. The lowest BCUT2D eigenvalue weighted by atomic mass is 10.1. The van der Waals surface area contributed by atoms with Crippen molar-refractivity contribution in [2.45, 2.75) is 6.92 Å². The topological polar surface area (TPSA) is 57.5 Å². The summed E-state index contributed by atoms with van der Waals surface area (Å²) in [6, 6.07) is 2.04. The quantitative estimate of drug-likeness (QED) is 0.672. The first-order chi connectivity index (χ1) is 5.54. The molecule has 0 saturated heterocycles. The van der Waals surface area contributed by atoms with Crippen molar-refractivity contribution in [3.05, 3.63) is 29.1 Å². The molecule has 3 nitrogen and oxygen atoms in total. The summed E-state index contributed by atoms with van der Waals surface area (Å²) < 4.78 is 12.8. The summed E-state index contributed by atoms with van der Waals surface area (Å²) in [6.45, 7) is 1.35. The van der Waals surface area contributed by atoms with Crippen molar-refractivity contribution < 1.29 is 19.4 Å². The summed E-state index contributed by atoms with van der Waals surface area (Å²) in [4.78, 5) is 10.4. The van der Waals surface area contributed by atoms with Crippen molar-refractivity contribution in [3.63, 3.8) is 0 Å². The molecule has 0 amide bonds. The lowest BCUT2D eigenvalue weighted by molar-refractivity contribution is 0.0690. The van der Waals surface area contributed by atoms with Crippen LogP contribution < -0.4 is 0 Å². The number of phenolic OH excluding ortho intramolecular Hbond substituents is 1. The Labute approximate surface area is 68.1 Å². The van der Waals surface area contributed by atoms with E-state index in [0.717, 1.165) is 12.1 Å². The summed E-state index contributed by atoms with van der Waals surface area (Å²) in [6.07, 6.45) is 0. The molecule has 1 aromatic carbocycles. The Morgan fingerprint density at radius 2 is 2.08 bits per heavy atom. The molecule has 2 N–H and O–H groups in total. The molecule has 64 valence electrons. The zero-order valence-electron chi connectivity index (χ0n) is 6.34. The highest BCUT2D eigenvalue weighted by molar-refractivity contribution is 5.90. The van der Waals surface area contributed by atoms with Gasteiger partial charge < -0.3 is 10.2 Å². The Balaban J connectivity index is 3.43. The van der Waals surface area contributed by atoms with Gasteiger partial charge in [0.1, 0.15) is 17.1 Å². The molecular formula is C8H7FO3. The number of benzene rings is 1. The van der Waals surface area contributed by atoms with Gasteiger partial charge in [0, 0.05) is 5.56 Å². The van der Waals surface area contributed by atoms with E-state index in [-0.39, 0.29) is 11.3 Å². The van der Waals surface area contributed by atoms with Crippen LogP contribution >= 0.6 is 0 Å². The van der Waals surface area contributed by atoms with E-state index in [1.807, 2.05) is 0 Å². The minimum absolute atomic E-state index is 0.0440. The Hall–Kier alpha value is -1.58. The van der Waals surface area contributed by atoms with Crippen LogP contribution in [0.5, 0.6) is 5.75 Å². The minimum atomic E-state index is -1.37. The summed E-state index contributed by atoms with van der Waals surface area (Å²) in [5.41, 5.74) is -0.433. The zero-order chi connectivity index (χ0) is 9.30. The number of halogens is 1. The van der Waals surface area contributed by atoms with Crippen LogP contribution in [0, 0.1) is 12.7 Å². The first kappa shape index (κ1) is 8.52. The predicted molar refractivity (Wildman–Crippen MR) is 39.8 cm³/mol. The van der Waals surface area contributed by atoms with Crippen LogP contribution in [0.1, 0.15) is 15.9 Å². The highest BCUT2D eigenvalue weighted by Crippen LogP contribution is 2.22. The number of carboxylic acids is 1. The van der Waals surface area contributed by atoms with Gasteiger partial charge in [0.25, 0.3) is 0 Å². The van der Waals surface area contributed by atoms with Crippen LogP contribution in [0.2, 0.25) is 0 Å². The second-order valence-corrected chi connectivity index (χ2v) is 2.37. The van der Waals surface area contributed by atoms with Crippen molar-refractivity contribution in [2.75, 3.05) is 0 Å². The molecule has 1 rings (SSSR count). The normalized spacial score (nSPS) is 9.83. The van der Waals surface area contributed by atoms with Crippen molar-refractivity contribution in [1.29, 1.82) is 0 Å². The van der Waals surface area contributed by atoms with Gasteiger partial charge in [-0.25, -0.2) is 9.18 Å². The molecule has 0 aliphatic heterocycles. The standard InChI is InChI=1S/C8H7FO3/c1-4-6(10)3-2-5(9)7(4)8(11)12/h2-3,10H,1H3,(H,11,12). The molecule has 0 radical (unpaired) electrons. The third-order valence-electron chi connectivity index (χ3n) is 1.60. The highest BCUT2D eigenvalue weighted by Gasteiger charge is 2.15. The molecule has 0 aromatic heterocycles. The lowest BCUT2D eigenvalue weighted by Crippen LogP contribution is -2.03. The van der Waals surface area contributed by atoms with E-state index >= 15 is 0 Å². The van der Waals surface area contributed by atoms with Gasteiger partial charge in [-0.3, -0.25) is 0 Å². The largest absolute Gasteiger partial charge is 0.508 e. The second-order valence-electron chi connectivity index (χ2n) is 2.37. The van der Waals surface area contributed by atoms with E-state index in [0.29, 0.717) is 0 Å². The van der Waals surface area contributed by atoms with Gasteiger partial charge in [-0.05, 0) is 19.1 Å². The first-order valence-corrected chi connectivity index (χ1v) is 3.25. The molecule has 1 aromatic rings. The third-order valence-corrected chi connectivity index (χ3v) is 1.60. The van der Waals surface area contributed by atoms with Crippen LogP contribution in [-0.2, 0) is 0 Å². The van der Waals surface area contributed by atoms with Gasteiger partial charge in [0.2, 0.25) is 0 Å². The number of hydrogen-bond donors (Lipinski definition) is 2. The Kier molecular flexibility index (Phi) is 1.99. The summed E-state index contributed by atoms with van der Waals surface area (Å²) >= 11 is 0. The number of aromatic carboxylic acids is 1. The number of hydrogen-bond acceptors (Lipinski definition) is 2. The maximum Gasteiger partial charge on any atom is 0.339 e. The highest BCUT2D eigenvalue weighted by atomic mass is 19.1. The maximum atomic E-state index is 12.8. The smallest absolute Gasteiger partial charge is 0.339 e. The molecular weight excluding hydrogens is 163 g/mol. The number of phenols is 1. The van der Waals surface area contributed by atoms with E-state index in [9.17, 15) is 9.18 Å². The second kappa shape index (κ2) is 2.81. The van der Waals surface area contributed by atoms with Crippen LogP contribution in [0.15, 0.2) is 12.1 Å². The van der Waals surface area contributed by atoms with Crippen LogP contribution in [-0.4, -0.2) is 16.2 Å². The van der Waals surface area contributed by atoms with Crippen LogP contribution in [0.25, 0.3) is 0 Å². The minimum Gasteiger partial charge on any atom is -0.508 e. The fraction of sp³-hybridized carbons (Fsp3) is 0.125. The molecule has 12 heavy (non-hydrogen) atoms. The Morgan fingerprint density at radius 1 is 1.50 bits per heavy atom. The van der Waals surface area contributed by atoms with Crippen LogP contribution in [0.4, 0.5) is 4.39 Å². The molecule has 0 aliphatic carbocycles. The lowest BCUT2D eigenvalue weighted by Gasteiger charge is -2.03. The van der Waals surface area contributed by atoms with Gasteiger partial charge in [-0.15, -0.1) is 0 Å². The van der Waals surface area contributed by atoms with E-state index in [1.165, 1.54) is 6.92 Å². The van der Waals surface area contributed by atoms with Gasteiger partial charge in [0.05, 0.1) is 0 Å². The van der Waals surface area contributed by atoms with Crippen molar-refractivity contribution >= 4 is 5.97 Å². The number of carboxylic acid groups (broad SMARTS) is 1. The maximum absolute atomic E-state index is 12.8. The van der Waals surface area contributed by atoms with Gasteiger partial charge >= 0.3 is 5.97 Å².